The Labute approximate surface area is 163 Å². The first-order valence-corrected chi connectivity index (χ1v) is 9.02. The van der Waals surface area contributed by atoms with Gasteiger partial charge in [-0.15, -0.1) is 0 Å². The van der Waals surface area contributed by atoms with Gasteiger partial charge in [0.15, 0.2) is 0 Å². The largest absolute Gasteiger partial charge is 0.497 e. The van der Waals surface area contributed by atoms with E-state index in [1.165, 1.54) is 12.1 Å². The second-order valence-electron chi connectivity index (χ2n) is 6.59. The van der Waals surface area contributed by atoms with Crippen molar-refractivity contribution in [1.29, 1.82) is 0 Å². The zero-order valence-corrected chi connectivity index (χ0v) is 15.9. The Hall–Kier alpha value is -3.13. The summed E-state index contributed by atoms with van der Waals surface area (Å²) in [6.45, 7) is 0.973. The van der Waals surface area contributed by atoms with E-state index in [0.717, 1.165) is 36.4 Å². The van der Waals surface area contributed by atoms with Gasteiger partial charge in [0.05, 0.1) is 25.7 Å². The van der Waals surface area contributed by atoms with Gasteiger partial charge in [0.25, 0.3) is 5.69 Å². The van der Waals surface area contributed by atoms with Gasteiger partial charge in [0.1, 0.15) is 11.5 Å². The van der Waals surface area contributed by atoms with Gasteiger partial charge in [-0.2, -0.15) is 0 Å². The highest BCUT2D eigenvalue weighted by atomic mass is 16.6. The van der Waals surface area contributed by atoms with Crippen LogP contribution in [0.1, 0.15) is 24.4 Å². The molecule has 0 saturated carbocycles. The van der Waals surface area contributed by atoms with Gasteiger partial charge in [0.2, 0.25) is 5.91 Å². The predicted molar refractivity (Wildman–Crippen MR) is 105 cm³/mol. The Morgan fingerprint density at radius 2 is 2.07 bits per heavy atom. The second kappa shape index (κ2) is 8.71. The number of rotatable bonds is 7. The molecule has 8 heteroatoms. The number of anilines is 1. The number of nitro groups is 1. The van der Waals surface area contributed by atoms with Crippen molar-refractivity contribution < 1.29 is 19.2 Å². The number of hydrogen-bond acceptors (Lipinski definition) is 6. The van der Waals surface area contributed by atoms with Crippen molar-refractivity contribution in [2.45, 2.75) is 18.9 Å². The average Bonchev–Trinajstić information content (AvgIpc) is 3.15. The maximum Gasteiger partial charge on any atom is 0.271 e. The molecule has 0 radical (unpaired) electrons. The third kappa shape index (κ3) is 4.40. The lowest BCUT2D eigenvalue weighted by Crippen LogP contribution is -2.33. The van der Waals surface area contributed by atoms with E-state index in [1.54, 1.807) is 26.4 Å². The molecule has 0 aliphatic carbocycles. The SMILES string of the molecule is COc1ccc(OC)c([C@H]2CCCN2CC(=O)Nc2cccc([N+](=O)[O-])c2)c1. The summed E-state index contributed by atoms with van der Waals surface area (Å²) in [6, 6.07) is 11.6. The summed E-state index contributed by atoms with van der Waals surface area (Å²) < 4.78 is 10.8. The fourth-order valence-electron chi connectivity index (χ4n) is 3.55. The van der Waals surface area contributed by atoms with Crippen molar-refractivity contribution in [1.82, 2.24) is 4.90 Å². The smallest absolute Gasteiger partial charge is 0.271 e. The first-order chi connectivity index (χ1) is 13.5. The summed E-state index contributed by atoms with van der Waals surface area (Å²) in [5, 5.41) is 13.6. The van der Waals surface area contributed by atoms with E-state index < -0.39 is 4.92 Å². The van der Waals surface area contributed by atoms with Gasteiger partial charge >= 0.3 is 0 Å². The molecule has 1 N–H and O–H groups in total. The molecule has 1 fully saturated rings. The van der Waals surface area contributed by atoms with E-state index in [4.69, 9.17) is 9.47 Å². The first-order valence-electron chi connectivity index (χ1n) is 9.02. The summed E-state index contributed by atoms with van der Waals surface area (Å²) in [5.74, 6) is 1.29. The molecule has 2 aromatic rings. The minimum absolute atomic E-state index is 0.0425. The highest BCUT2D eigenvalue weighted by Gasteiger charge is 2.30. The van der Waals surface area contributed by atoms with E-state index in [1.807, 2.05) is 18.2 Å². The van der Waals surface area contributed by atoms with Crippen LogP contribution in [0.2, 0.25) is 0 Å². The molecule has 1 atom stereocenters. The fraction of sp³-hybridized carbons (Fsp3) is 0.350. The topological polar surface area (TPSA) is 93.9 Å². The molecular weight excluding hydrogens is 362 g/mol. The van der Waals surface area contributed by atoms with E-state index >= 15 is 0 Å². The van der Waals surface area contributed by atoms with Crippen LogP contribution in [0.3, 0.4) is 0 Å². The monoisotopic (exact) mass is 385 g/mol. The molecule has 0 unspecified atom stereocenters. The van der Waals surface area contributed by atoms with Gasteiger partial charge < -0.3 is 14.8 Å². The van der Waals surface area contributed by atoms with Crippen LogP contribution in [0.25, 0.3) is 0 Å². The van der Waals surface area contributed by atoms with Crippen LogP contribution in [0.5, 0.6) is 11.5 Å². The summed E-state index contributed by atoms with van der Waals surface area (Å²) in [5.41, 5.74) is 1.34. The van der Waals surface area contributed by atoms with Crippen LogP contribution in [-0.4, -0.2) is 43.0 Å². The van der Waals surface area contributed by atoms with Crippen LogP contribution >= 0.6 is 0 Å². The number of non-ortho nitro benzene ring substituents is 1. The molecule has 2 aromatic carbocycles. The molecule has 1 amide bonds. The fourth-order valence-corrected chi connectivity index (χ4v) is 3.55. The van der Waals surface area contributed by atoms with E-state index in [2.05, 4.69) is 10.2 Å². The number of methoxy groups -OCH3 is 2. The normalized spacial score (nSPS) is 16.6. The third-order valence-electron chi connectivity index (χ3n) is 4.85. The number of carbonyl (C=O) groups excluding carboxylic acids is 1. The summed E-state index contributed by atoms with van der Waals surface area (Å²) in [6.07, 6.45) is 1.88. The van der Waals surface area contributed by atoms with Crippen LogP contribution in [0.15, 0.2) is 42.5 Å². The van der Waals surface area contributed by atoms with Gasteiger partial charge in [0, 0.05) is 29.4 Å². The number of ether oxygens (including phenoxy) is 2. The van der Waals surface area contributed by atoms with E-state index in [9.17, 15) is 14.9 Å². The quantitative estimate of drug-likeness (QED) is 0.580. The Morgan fingerprint density at radius 3 is 2.79 bits per heavy atom. The van der Waals surface area contributed by atoms with Crippen molar-refractivity contribution in [2.24, 2.45) is 0 Å². The van der Waals surface area contributed by atoms with Crippen molar-refractivity contribution in [2.75, 3.05) is 32.6 Å². The lowest BCUT2D eigenvalue weighted by molar-refractivity contribution is -0.384. The lowest BCUT2D eigenvalue weighted by atomic mass is 10.0. The number of carbonyl (C=O) groups is 1. The highest BCUT2D eigenvalue weighted by Crippen LogP contribution is 2.38. The Balaban J connectivity index is 1.72. The van der Waals surface area contributed by atoms with Crippen molar-refractivity contribution in [3.8, 4) is 11.5 Å². The van der Waals surface area contributed by atoms with Gasteiger partial charge in [-0.05, 0) is 43.7 Å². The second-order valence-corrected chi connectivity index (χ2v) is 6.59. The minimum Gasteiger partial charge on any atom is -0.497 e. The lowest BCUT2D eigenvalue weighted by Gasteiger charge is -2.26. The van der Waals surface area contributed by atoms with Gasteiger partial charge in [-0.1, -0.05) is 6.07 Å². The van der Waals surface area contributed by atoms with Crippen LogP contribution < -0.4 is 14.8 Å². The van der Waals surface area contributed by atoms with Gasteiger partial charge in [-0.3, -0.25) is 19.8 Å². The van der Waals surface area contributed by atoms with E-state index in [-0.39, 0.29) is 24.2 Å². The number of likely N-dealkylation sites (tertiary alicyclic amines) is 1. The standard InChI is InChI=1S/C20H23N3O5/c1-27-16-8-9-19(28-2)17(12-16)18-7-4-10-22(18)13-20(24)21-14-5-3-6-15(11-14)23(25)26/h3,5-6,8-9,11-12,18H,4,7,10,13H2,1-2H3,(H,21,24)/t18-/m1/s1. The van der Waals surface area contributed by atoms with E-state index in [0.29, 0.717) is 5.69 Å². The van der Waals surface area contributed by atoms with Gasteiger partial charge in [-0.25, -0.2) is 0 Å². The summed E-state index contributed by atoms with van der Waals surface area (Å²) in [4.78, 5) is 25.0. The number of amides is 1. The zero-order chi connectivity index (χ0) is 20.1. The van der Waals surface area contributed by atoms with Crippen molar-refractivity contribution in [3.05, 3.63) is 58.1 Å². The zero-order valence-electron chi connectivity index (χ0n) is 15.9. The number of hydrogen-bond donors (Lipinski definition) is 1. The van der Waals surface area contributed by atoms with Crippen LogP contribution in [0.4, 0.5) is 11.4 Å². The molecule has 1 aliphatic heterocycles. The highest BCUT2D eigenvalue weighted by molar-refractivity contribution is 5.92. The third-order valence-corrected chi connectivity index (χ3v) is 4.85. The van der Waals surface area contributed by atoms with Crippen molar-refractivity contribution in [3.63, 3.8) is 0 Å². The molecule has 0 aromatic heterocycles. The molecular formula is C20H23N3O5. The molecule has 1 heterocycles. The average molecular weight is 385 g/mol. The molecule has 8 nitrogen and oxygen atoms in total. The Kier molecular flexibility index (Phi) is 6.10. The number of nitrogens with zero attached hydrogens (tertiary/aromatic N) is 2. The van der Waals surface area contributed by atoms with Crippen LogP contribution in [0, 0.1) is 10.1 Å². The number of benzene rings is 2. The Morgan fingerprint density at radius 1 is 1.25 bits per heavy atom. The van der Waals surface area contributed by atoms with Crippen LogP contribution in [-0.2, 0) is 4.79 Å². The first kappa shape index (κ1) is 19.6. The molecule has 0 spiro atoms. The maximum atomic E-state index is 12.5. The molecule has 148 valence electrons. The summed E-state index contributed by atoms with van der Waals surface area (Å²) >= 11 is 0. The number of nitro benzene ring substituents is 1. The Bertz CT molecular complexity index is 871. The number of nitrogens with one attached hydrogen (secondary N) is 1. The minimum atomic E-state index is -0.485. The molecule has 28 heavy (non-hydrogen) atoms. The molecule has 3 rings (SSSR count). The maximum absolute atomic E-state index is 12.5. The molecule has 1 saturated heterocycles. The molecule has 1 aliphatic rings. The van der Waals surface area contributed by atoms with Crippen molar-refractivity contribution >= 4 is 17.3 Å². The predicted octanol–water partition coefficient (Wildman–Crippen LogP) is 3.39. The summed E-state index contributed by atoms with van der Waals surface area (Å²) in [7, 11) is 3.24. The molecule has 0 bridgehead atoms.